The first-order valence-corrected chi connectivity index (χ1v) is 8.46. The molecular weight excluding hydrogens is 274 g/mol. The second-order valence-electron chi connectivity index (χ2n) is 5.81. The van der Waals surface area contributed by atoms with E-state index in [1.54, 1.807) is 12.1 Å². The maximum absolute atomic E-state index is 12.5. The van der Waals surface area contributed by atoms with Crippen molar-refractivity contribution in [3.63, 3.8) is 0 Å². The lowest BCUT2D eigenvalue weighted by molar-refractivity contribution is 0.101. The van der Waals surface area contributed by atoms with Gasteiger partial charge in [-0.3, -0.25) is 4.79 Å². The van der Waals surface area contributed by atoms with E-state index in [-0.39, 0.29) is 16.2 Å². The molecule has 0 amide bonds. The van der Waals surface area contributed by atoms with E-state index in [0.717, 1.165) is 32.1 Å². The number of Topliss-reactive ketones (excluding diaryl/α,β-unsaturated/α-hetero) is 1. The summed E-state index contributed by atoms with van der Waals surface area (Å²) in [5, 5.41) is 0. The van der Waals surface area contributed by atoms with Crippen LogP contribution in [-0.4, -0.2) is 19.7 Å². The van der Waals surface area contributed by atoms with E-state index >= 15 is 0 Å². The molecule has 0 saturated heterocycles. The van der Waals surface area contributed by atoms with Crippen molar-refractivity contribution < 1.29 is 13.2 Å². The van der Waals surface area contributed by atoms with Crippen molar-refractivity contribution in [2.75, 3.05) is 0 Å². The van der Waals surface area contributed by atoms with Gasteiger partial charge in [0.15, 0.2) is 5.78 Å². The number of hydrogen-bond donors (Lipinski definition) is 1. The largest absolute Gasteiger partial charge is 0.295 e. The number of carbonyl (C=O) groups is 1. The molecule has 2 rings (SSSR count). The molecule has 4 nitrogen and oxygen atoms in total. The third kappa shape index (κ3) is 3.46. The molecule has 0 aromatic heterocycles. The Bertz CT molecular complexity index is 601. The van der Waals surface area contributed by atoms with Gasteiger partial charge in [0.1, 0.15) is 0 Å². The van der Waals surface area contributed by atoms with Crippen molar-refractivity contribution in [1.82, 2.24) is 4.72 Å². The summed E-state index contributed by atoms with van der Waals surface area (Å²) in [6.45, 7) is 3.39. The van der Waals surface area contributed by atoms with Crippen molar-refractivity contribution in [3.05, 3.63) is 29.8 Å². The molecule has 0 bridgehead atoms. The SMILES string of the molecule is CC(=O)c1cccc(S(=O)(=O)NC2(C)CCCCC2)c1. The van der Waals surface area contributed by atoms with Crippen molar-refractivity contribution >= 4 is 15.8 Å². The minimum absolute atomic E-state index is 0.133. The maximum Gasteiger partial charge on any atom is 0.241 e. The molecule has 0 atom stereocenters. The van der Waals surface area contributed by atoms with Crippen LogP contribution >= 0.6 is 0 Å². The molecule has 0 aliphatic heterocycles. The molecule has 1 N–H and O–H groups in total. The normalized spacial score (nSPS) is 18.7. The van der Waals surface area contributed by atoms with Gasteiger partial charge in [0.05, 0.1) is 4.90 Å². The Hall–Kier alpha value is -1.20. The Morgan fingerprint density at radius 1 is 1.20 bits per heavy atom. The van der Waals surface area contributed by atoms with Crippen LogP contribution in [0.3, 0.4) is 0 Å². The Morgan fingerprint density at radius 2 is 1.85 bits per heavy atom. The zero-order chi connectivity index (χ0) is 14.8. The van der Waals surface area contributed by atoms with Crippen LogP contribution in [0.15, 0.2) is 29.2 Å². The number of hydrogen-bond acceptors (Lipinski definition) is 3. The molecule has 1 aliphatic rings. The number of carbonyl (C=O) groups excluding carboxylic acids is 1. The van der Waals surface area contributed by atoms with Gasteiger partial charge in [0.2, 0.25) is 10.0 Å². The van der Waals surface area contributed by atoms with Gasteiger partial charge in [-0.25, -0.2) is 13.1 Å². The molecule has 110 valence electrons. The van der Waals surface area contributed by atoms with Gasteiger partial charge < -0.3 is 0 Å². The molecule has 20 heavy (non-hydrogen) atoms. The highest BCUT2D eigenvalue weighted by Gasteiger charge is 2.32. The second kappa shape index (κ2) is 5.66. The van der Waals surface area contributed by atoms with Crippen LogP contribution < -0.4 is 4.72 Å². The van der Waals surface area contributed by atoms with Gasteiger partial charge in [-0.2, -0.15) is 0 Å². The Morgan fingerprint density at radius 3 is 2.45 bits per heavy atom. The van der Waals surface area contributed by atoms with Gasteiger partial charge >= 0.3 is 0 Å². The summed E-state index contributed by atoms with van der Waals surface area (Å²) in [6.07, 6.45) is 4.98. The van der Waals surface area contributed by atoms with Crippen LogP contribution in [0.5, 0.6) is 0 Å². The fourth-order valence-corrected chi connectivity index (χ4v) is 4.21. The zero-order valence-electron chi connectivity index (χ0n) is 12.0. The molecule has 0 radical (unpaired) electrons. The molecule has 0 heterocycles. The first kappa shape index (κ1) is 15.2. The van der Waals surface area contributed by atoms with Crippen LogP contribution in [0.4, 0.5) is 0 Å². The van der Waals surface area contributed by atoms with Crippen molar-refractivity contribution in [2.45, 2.75) is 56.4 Å². The Balaban J connectivity index is 2.26. The predicted octanol–water partition coefficient (Wildman–Crippen LogP) is 2.89. The van der Waals surface area contributed by atoms with Gasteiger partial charge in [0.25, 0.3) is 0 Å². The molecular formula is C15H21NO3S. The minimum Gasteiger partial charge on any atom is -0.295 e. The summed E-state index contributed by atoms with van der Waals surface area (Å²) in [4.78, 5) is 11.5. The number of sulfonamides is 1. The summed E-state index contributed by atoms with van der Waals surface area (Å²) in [6, 6.07) is 6.20. The molecule has 1 saturated carbocycles. The van der Waals surface area contributed by atoms with E-state index in [2.05, 4.69) is 4.72 Å². The first-order chi connectivity index (χ1) is 9.32. The molecule has 0 spiro atoms. The van der Waals surface area contributed by atoms with Crippen LogP contribution in [0.2, 0.25) is 0 Å². The molecule has 1 fully saturated rings. The quantitative estimate of drug-likeness (QED) is 0.869. The summed E-state index contributed by atoms with van der Waals surface area (Å²) >= 11 is 0. The van der Waals surface area contributed by atoms with E-state index in [0.29, 0.717) is 5.56 Å². The summed E-state index contributed by atoms with van der Waals surface area (Å²) in [5.74, 6) is -0.133. The monoisotopic (exact) mass is 295 g/mol. The summed E-state index contributed by atoms with van der Waals surface area (Å²) in [5.41, 5.74) is 0.0465. The van der Waals surface area contributed by atoms with E-state index in [1.165, 1.54) is 19.1 Å². The molecule has 0 unspecified atom stereocenters. The Labute approximate surface area is 120 Å². The van der Waals surface area contributed by atoms with E-state index < -0.39 is 10.0 Å². The fourth-order valence-electron chi connectivity index (χ4n) is 2.70. The molecule has 1 aromatic rings. The predicted molar refractivity (Wildman–Crippen MR) is 78.3 cm³/mol. The topological polar surface area (TPSA) is 63.2 Å². The number of ketones is 1. The lowest BCUT2D eigenvalue weighted by Crippen LogP contribution is -2.47. The summed E-state index contributed by atoms with van der Waals surface area (Å²) < 4.78 is 27.7. The van der Waals surface area contributed by atoms with E-state index in [9.17, 15) is 13.2 Å². The van der Waals surface area contributed by atoms with Crippen molar-refractivity contribution in [3.8, 4) is 0 Å². The summed E-state index contributed by atoms with van der Waals surface area (Å²) in [7, 11) is -3.58. The van der Waals surface area contributed by atoms with E-state index in [1.807, 2.05) is 6.92 Å². The van der Waals surface area contributed by atoms with Crippen LogP contribution in [0.25, 0.3) is 0 Å². The second-order valence-corrected chi connectivity index (χ2v) is 7.49. The van der Waals surface area contributed by atoms with Gasteiger partial charge in [-0.1, -0.05) is 31.4 Å². The molecule has 5 heteroatoms. The third-order valence-corrected chi connectivity index (χ3v) is 5.52. The minimum atomic E-state index is -3.58. The fraction of sp³-hybridized carbons (Fsp3) is 0.533. The highest BCUT2D eigenvalue weighted by Crippen LogP contribution is 2.29. The first-order valence-electron chi connectivity index (χ1n) is 6.97. The number of benzene rings is 1. The Kier molecular flexibility index (Phi) is 4.30. The highest BCUT2D eigenvalue weighted by atomic mass is 32.2. The van der Waals surface area contributed by atoms with Crippen LogP contribution in [0, 0.1) is 0 Å². The smallest absolute Gasteiger partial charge is 0.241 e. The number of rotatable bonds is 4. The van der Waals surface area contributed by atoms with Gasteiger partial charge in [-0.05, 0) is 38.8 Å². The average Bonchev–Trinajstić information content (AvgIpc) is 2.38. The molecule has 1 aliphatic carbocycles. The standard InChI is InChI=1S/C15H21NO3S/c1-12(17)13-7-6-8-14(11-13)20(18,19)16-15(2)9-4-3-5-10-15/h6-8,11,16H,3-5,9-10H2,1-2H3. The number of nitrogens with one attached hydrogen (secondary N) is 1. The van der Waals surface area contributed by atoms with Crippen LogP contribution in [0.1, 0.15) is 56.3 Å². The van der Waals surface area contributed by atoms with Crippen molar-refractivity contribution in [2.24, 2.45) is 0 Å². The lowest BCUT2D eigenvalue weighted by Gasteiger charge is -2.34. The average molecular weight is 295 g/mol. The maximum atomic E-state index is 12.5. The highest BCUT2D eigenvalue weighted by molar-refractivity contribution is 7.89. The van der Waals surface area contributed by atoms with Crippen LogP contribution in [-0.2, 0) is 10.0 Å². The van der Waals surface area contributed by atoms with E-state index in [4.69, 9.17) is 0 Å². The lowest BCUT2D eigenvalue weighted by atomic mass is 9.84. The third-order valence-electron chi connectivity index (χ3n) is 3.89. The van der Waals surface area contributed by atoms with Gasteiger partial charge in [0, 0.05) is 11.1 Å². The van der Waals surface area contributed by atoms with Gasteiger partial charge in [-0.15, -0.1) is 0 Å². The zero-order valence-corrected chi connectivity index (χ0v) is 12.8. The molecule has 1 aromatic carbocycles. The van der Waals surface area contributed by atoms with Crippen molar-refractivity contribution in [1.29, 1.82) is 0 Å².